The van der Waals surface area contributed by atoms with Gasteiger partial charge in [0, 0.05) is 12.2 Å². The first kappa shape index (κ1) is 19.0. The molecule has 0 saturated carbocycles. The van der Waals surface area contributed by atoms with Gasteiger partial charge in [-0.15, -0.1) is 0 Å². The van der Waals surface area contributed by atoms with Crippen molar-refractivity contribution in [3.63, 3.8) is 0 Å². The molecule has 1 N–H and O–H groups in total. The van der Waals surface area contributed by atoms with Crippen LogP contribution in [0.3, 0.4) is 0 Å². The lowest BCUT2D eigenvalue weighted by molar-refractivity contribution is -0.167. The number of aromatic nitrogens is 1. The molecular formula is C21H25N3O3. The molecule has 142 valence electrons. The van der Waals surface area contributed by atoms with Gasteiger partial charge in [-0.05, 0) is 38.0 Å². The molecule has 27 heavy (non-hydrogen) atoms. The Labute approximate surface area is 159 Å². The zero-order valence-electron chi connectivity index (χ0n) is 15.9. The zero-order valence-corrected chi connectivity index (χ0v) is 15.9. The highest BCUT2D eigenvalue weighted by molar-refractivity contribution is 5.86. The first-order valence-electron chi connectivity index (χ1n) is 9.15. The van der Waals surface area contributed by atoms with Crippen LogP contribution in [-0.2, 0) is 20.9 Å². The molecule has 0 radical (unpaired) electrons. The molecule has 1 aromatic heterocycles. The van der Waals surface area contributed by atoms with Gasteiger partial charge in [0.05, 0.1) is 18.3 Å². The van der Waals surface area contributed by atoms with Crippen molar-refractivity contribution in [3.05, 3.63) is 65.5 Å². The highest BCUT2D eigenvalue weighted by Gasteiger charge is 2.42. The largest absolute Gasteiger partial charge is 0.356 e. The molecule has 3 rings (SSSR count). The van der Waals surface area contributed by atoms with Crippen molar-refractivity contribution in [1.82, 2.24) is 15.2 Å². The highest BCUT2D eigenvalue weighted by Crippen LogP contribution is 2.32. The summed E-state index contributed by atoms with van der Waals surface area (Å²) in [6.07, 6.45) is 0.939. The molecular weight excluding hydrogens is 342 g/mol. The van der Waals surface area contributed by atoms with Gasteiger partial charge in [-0.25, -0.2) is 0 Å². The van der Waals surface area contributed by atoms with E-state index in [0.717, 1.165) is 16.8 Å². The topological polar surface area (TPSA) is 71.5 Å². The Morgan fingerprint density at radius 3 is 2.67 bits per heavy atom. The smallest absolute Gasteiger partial charge is 0.252 e. The Balaban J connectivity index is 1.84. The number of benzene rings is 1. The van der Waals surface area contributed by atoms with Crippen molar-refractivity contribution in [2.75, 3.05) is 6.61 Å². The Morgan fingerprint density at radius 1 is 1.26 bits per heavy atom. The minimum absolute atomic E-state index is 0.0417. The van der Waals surface area contributed by atoms with Gasteiger partial charge in [0.15, 0.2) is 6.10 Å². The van der Waals surface area contributed by atoms with Crippen LogP contribution < -0.4 is 5.32 Å². The Bertz CT molecular complexity index is 807. The standard InChI is InChI=1S/C21H25N3O3/c1-14(2)24-18(25)13-27-20(19(24)16-9-5-4-6-10-16)21(26)23-12-17-15(3)8-7-11-22-17/h4-11,14,19-20H,12-13H2,1-3H3,(H,23,26)/t19-,20+/m1/s1. The van der Waals surface area contributed by atoms with Crippen LogP contribution in [0, 0.1) is 6.92 Å². The maximum atomic E-state index is 12.9. The second kappa shape index (κ2) is 8.31. The first-order chi connectivity index (χ1) is 13.0. The van der Waals surface area contributed by atoms with Gasteiger partial charge in [0.1, 0.15) is 6.61 Å². The Morgan fingerprint density at radius 2 is 2.00 bits per heavy atom. The molecule has 2 atom stereocenters. The lowest BCUT2D eigenvalue weighted by Crippen LogP contribution is -2.56. The average molecular weight is 367 g/mol. The molecule has 1 saturated heterocycles. The summed E-state index contributed by atoms with van der Waals surface area (Å²) in [5.74, 6) is -0.351. The summed E-state index contributed by atoms with van der Waals surface area (Å²) < 4.78 is 5.69. The third-order valence-corrected chi connectivity index (χ3v) is 4.76. The Hall–Kier alpha value is -2.73. The molecule has 0 bridgehead atoms. The van der Waals surface area contributed by atoms with E-state index in [1.54, 1.807) is 11.1 Å². The summed E-state index contributed by atoms with van der Waals surface area (Å²) in [5.41, 5.74) is 2.71. The van der Waals surface area contributed by atoms with E-state index in [9.17, 15) is 9.59 Å². The van der Waals surface area contributed by atoms with Crippen molar-refractivity contribution in [2.24, 2.45) is 0 Å². The van der Waals surface area contributed by atoms with E-state index in [0.29, 0.717) is 6.54 Å². The van der Waals surface area contributed by atoms with Gasteiger partial charge in [0.2, 0.25) is 5.91 Å². The van der Waals surface area contributed by atoms with E-state index < -0.39 is 12.1 Å². The maximum absolute atomic E-state index is 12.9. The summed E-state index contributed by atoms with van der Waals surface area (Å²) >= 11 is 0. The SMILES string of the molecule is Cc1cccnc1CNC(=O)[C@H]1OCC(=O)N(C(C)C)[C@@H]1c1ccccc1. The number of hydrogen-bond acceptors (Lipinski definition) is 4. The molecule has 2 amide bonds. The van der Waals surface area contributed by atoms with Gasteiger partial charge in [-0.2, -0.15) is 0 Å². The fourth-order valence-electron chi connectivity index (χ4n) is 3.42. The molecule has 2 heterocycles. The van der Waals surface area contributed by atoms with E-state index in [1.165, 1.54) is 0 Å². The molecule has 1 aliphatic heterocycles. The molecule has 6 heteroatoms. The number of morpholine rings is 1. The summed E-state index contributed by atoms with van der Waals surface area (Å²) in [5, 5.41) is 2.92. The van der Waals surface area contributed by atoms with Crippen molar-refractivity contribution in [2.45, 2.75) is 45.5 Å². The van der Waals surface area contributed by atoms with Crippen LogP contribution in [0.2, 0.25) is 0 Å². The van der Waals surface area contributed by atoms with E-state index in [-0.39, 0.29) is 24.5 Å². The molecule has 0 aliphatic carbocycles. The highest BCUT2D eigenvalue weighted by atomic mass is 16.5. The van der Waals surface area contributed by atoms with Crippen LogP contribution in [0.15, 0.2) is 48.7 Å². The summed E-state index contributed by atoms with van der Waals surface area (Å²) in [6, 6.07) is 12.9. The predicted octanol–water partition coefficient (Wildman–Crippen LogP) is 2.38. The summed E-state index contributed by atoms with van der Waals surface area (Å²) in [7, 11) is 0. The fraction of sp³-hybridized carbons (Fsp3) is 0.381. The monoisotopic (exact) mass is 367 g/mol. The number of carbonyl (C=O) groups excluding carboxylic acids is 2. The molecule has 2 aromatic rings. The Kier molecular flexibility index (Phi) is 5.86. The number of ether oxygens (including phenoxy) is 1. The molecule has 1 aliphatic rings. The number of amides is 2. The molecule has 6 nitrogen and oxygen atoms in total. The van der Waals surface area contributed by atoms with Crippen LogP contribution in [0.4, 0.5) is 0 Å². The quantitative estimate of drug-likeness (QED) is 0.881. The molecule has 0 unspecified atom stereocenters. The van der Waals surface area contributed by atoms with E-state index in [2.05, 4.69) is 10.3 Å². The van der Waals surface area contributed by atoms with Crippen LogP contribution in [0.25, 0.3) is 0 Å². The average Bonchev–Trinajstić information content (AvgIpc) is 2.67. The van der Waals surface area contributed by atoms with Gasteiger partial charge >= 0.3 is 0 Å². The zero-order chi connectivity index (χ0) is 19.4. The third-order valence-electron chi connectivity index (χ3n) is 4.76. The number of aryl methyl sites for hydroxylation is 1. The molecule has 0 spiro atoms. The van der Waals surface area contributed by atoms with Crippen molar-refractivity contribution < 1.29 is 14.3 Å². The minimum atomic E-state index is -0.767. The van der Waals surface area contributed by atoms with Crippen LogP contribution in [-0.4, -0.2) is 40.5 Å². The van der Waals surface area contributed by atoms with E-state index >= 15 is 0 Å². The van der Waals surface area contributed by atoms with Gasteiger partial charge in [-0.1, -0.05) is 36.4 Å². The van der Waals surface area contributed by atoms with Crippen molar-refractivity contribution >= 4 is 11.8 Å². The van der Waals surface area contributed by atoms with Gasteiger partial charge in [-0.3, -0.25) is 14.6 Å². The first-order valence-corrected chi connectivity index (χ1v) is 9.15. The third kappa shape index (κ3) is 4.17. The van der Waals surface area contributed by atoms with Crippen molar-refractivity contribution in [3.8, 4) is 0 Å². The number of hydrogen-bond donors (Lipinski definition) is 1. The normalized spacial score (nSPS) is 20.0. The van der Waals surface area contributed by atoms with E-state index in [1.807, 2.05) is 63.2 Å². The van der Waals surface area contributed by atoms with Crippen molar-refractivity contribution in [1.29, 1.82) is 0 Å². The lowest BCUT2D eigenvalue weighted by atomic mass is 9.95. The number of pyridine rings is 1. The lowest BCUT2D eigenvalue weighted by Gasteiger charge is -2.42. The summed E-state index contributed by atoms with van der Waals surface area (Å²) in [6.45, 7) is 6.08. The molecule has 1 fully saturated rings. The number of nitrogens with one attached hydrogen (secondary N) is 1. The molecule has 1 aromatic carbocycles. The van der Waals surface area contributed by atoms with Gasteiger partial charge < -0.3 is 15.0 Å². The maximum Gasteiger partial charge on any atom is 0.252 e. The number of rotatable bonds is 5. The summed E-state index contributed by atoms with van der Waals surface area (Å²) in [4.78, 5) is 31.5. The minimum Gasteiger partial charge on any atom is -0.356 e. The second-order valence-electron chi connectivity index (χ2n) is 6.97. The van der Waals surface area contributed by atoms with Crippen LogP contribution in [0.5, 0.6) is 0 Å². The van der Waals surface area contributed by atoms with Gasteiger partial charge in [0.25, 0.3) is 5.91 Å². The predicted molar refractivity (Wildman–Crippen MR) is 102 cm³/mol. The van der Waals surface area contributed by atoms with Crippen LogP contribution in [0.1, 0.15) is 36.7 Å². The second-order valence-corrected chi connectivity index (χ2v) is 6.97. The van der Waals surface area contributed by atoms with Crippen LogP contribution >= 0.6 is 0 Å². The number of carbonyl (C=O) groups is 2. The number of nitrogens with zero attached hydrogens (tertiary/aromatic N) is 2. The fourth-order valence-corrected chi connectivity index (χ4v) is 3.42. The van der Waals surface area contributed by atoms with E-state index in [4.69, 9.17) is 4.74 Å².